The highest BCUT2D eigenvalue weighted by Gasteiger charge is 2.22. The first kappa shape index (κ1) is 24.8. The van der Waals surface area contributed by atoms with Gasteiger partial charge in [-0.3, -0.25) is 0 Å². The van der Waals surface area contributed by atoms with Gasteiger partial charge >= 0.3 is 0 Å². The third kappa shape index (κ3) is 5.51. The summed E-state index contributed by atoms with van der Waals surface area (Å²) in [6.07, 6.45) is 16.3. The molecule has 2 unspecified atom stereocenters. The Morgan fingerprint density at radius 1 is 0.462 bits per heavy atom. The monoisotopic (exact) mass is 506 g/mol. The first-order valence-corrected chi connectivity index (χ1v) is 13.8. The van der Waals surface area contributed by atoms with E-state index in [-0.39, 0.29) is 0 Å². The van der Waals surface area contributed by atoms with Crippen molar-refractivity contribution in [1.29, 1.82) is 0 Å². The highest BCUT2D eigenvalue weighted by Crippen LogP contribution is 2.39. The Labute approximate surface area is 232 Å². The van der Waals surface area contributed by atoms with Crippen LogP contribution in [0.25, 0.3) is 0 Å². The summed E-state index contributed by atoms with van der Waals surface area (Å²) in [5.41, 5.74) is 8.32. The molecule has 0 aliphatic heterocycles. The summed E-state index contributed by atoms with van der Waals surface area (Å²) >= 11 is 0. The largest absolute Gasteiger partial charge is 0.311 e. The molecular formula is C37H34N2. The van der Waals surface area contributed by atoms with Crippen LogP contribution in [0.15, 0.2) is 163 Å². The molecule has 39 heavy (non-hydrogen) atoms. The molecule has 0 fully saturated rings. The lowest BCUT2D eigenvalue weighted by Crippen LogP contribution is -2.20. The molecule has 2 atom stereocenters. The van der Waals surface area contributed by atoms with Crippen molar-refractivity contribution in [2.45, 2.75) is 19.8 Å². The molecule has 2 aliphatic carbocycles. The maximum Gasteiger partial charge on any atom is 0.0463 e. The van der Waals surface area contributed by atoms with E-state index < -0.39 is 0 Å². The van der Waals surface area contributed by atoms with Gasteiger partial charge in [0.15, 0.2) is 0 Å². The van der Waals surface area contributed by atoms with E-state index in [1.54, 1.807) is 0 Å². The lowest BCUT2D eigenvalue weighted by molar-refractivity contribution is 0.474. The van der Waals surface area contributed by atoms with Crippen LogP contribution in [0.2, 0.25) is 0 Å². The third-order valence-electron chi connectivity index (χ3n) is 7.65. The van der Waals surface area contributed by atoms with Crippen molar-refractivity contribution in [2.24, 2.45) is 11.8 Å². The van der Waals surface area contributed by atoms with E-state index in [1.165, 1.54) is 17.0 Å². The average Bonchev–Trinajstić information content (AvgIpc) is 3.01. The minimum absolute atomic E-state index is 0.541. The highest BCUT2D eigenvalue weighted by atomic mass is 15.2. The first-order valence-electron chi connectivity index (χ1n) is 13.8. The topological polar surface area (TPSA) is 6.48 Å². The molecule has 0 N–H and O–H groups in total. The molecule has 4 aromatic carbocycles. The van der Waals surface area contributed by atoms with Crippen LogP contribution in [0, 0.1) is 11.8 Å². The quantitative estimate of drug-likeness (QED) is 0.246. The third-order valence-corrected chi connectivity index (χ3v) is 7.65. The van der Waals surface area contributed by atoms with Crippen LogP contribution in [-0.2, 0) is 0 Å². The van der Waals surface area contributed by atoms with Gasteiger partial charge in [-0.05, 0) is 98.3 Å². The Bertz CT molecular complexity index is 1460. The fraction of sp³-hybridized carbons (Fsp3) is 0.135. The standard InChI is InChI=1S/C37H34N2/c1-29-17-19-30(20-18-29)31-21-23-35(24-22-31)39(34-15-9-4-10-16-34)37-27-25-36(26-28-37)38(32-11-5-2-6-12-32)33-13-7-3-8-14-33/h2-19,21,23-28,30-31H,20,22H2,1H3. The van der Waals surface area contributed by atoms with Gasteiger partial charge in [-0.15, -0.1) is 0 Å². The van der Waals surface area contributed by atoms with Crippen molar-refractivity contribution in [3.63, 3.8) is 0 Å². The molecule has 0 saturated carbocycles. The van der Waals surface area contributed by atoms with E-state index in [0.717, 1.165) is 35.6 Å². The van der Waals surface area contributed by atoms with E-state index >= 15 is 0 Å². The zero-order chi connectivity index (χ0) is 26.4. The molecule has 0 radical (unpaired) electrons. The molecule has 0 saturated heterocycles. The number of hydrogen-bond acceptors (Lipinski definition) is 2. The van der Waals surface area contributed by atoms with Gasteiger partial charge in [-0.1, -0.05) is 90.6 Å². The molecule has 2 aliphatic rings. The summed E-state index contributed by atoms with van der Waals surface area (Å²) in [7, 11) is 0. The summed E-state index contributed by atoms with van der Waals surface area (Å²) < 4.78 is 0. The zero-order valence-corrected chi connectivity index (χ0v) is 22.4. The number of anilines is 5. The van der Waals surface area contributed by atoms with Gasteiger partial charge in [0.2, 0.25) is 0 Å². The second kappa shape index (κ2) is 11.4. The zero-order valence-electron chi connectivity index (χ0n) is 22.4. The Balaban J connectivity index is 1.31. The van der Waals surface area contributed by atoms with Crippen LogP contribution in [0.1, 0.15) is 19.8 Å². The maximum atomic E-state index is 2.41. The smallest absolute Gasteiger partial charge is 0.0463 e. The summed E-state index contributed by atoms with van der Waals surface area (Å²) in [6, 6.07) is 40.7. The van der Waals surface area contributed by atoms with E-state index in [2.05, 4.69) is 168 Å². The molecule has 4 aromatic rings. The van der Waals surface area contributed by atoms with Crippen molar-refractivity contribution in [3.05, 3.63) is 163 Å². The second-order valence-corrected chi connectivity index (χ2v) is 10.3. The molecular weight excluding hydrogens is 472 g/mol. The van der Waals surface area contributed by atoms with E-state index in [4.69, 9.17) is 0 Å². The van der Waals surface area contributed by atoms with E-state index in [0.29, 0.717) is 11.8 Å². The van der Waals surface area contributed by atoms with Crippen molar-refractivity contribution >= 4 is 28.4 Å². The van der Waals surface area contributed by atoms with Gasteiger partial charge < -0.3 is 9.80 Å². The number of nitrogens with zero attached hydrogens (tertiary/aromatic N) is 2. The Kier molecular flexibility index (Phi) is 7.27. The molecule has 2 nitrogen and oxygen atoms in total. The normalized spacial score (nSPS) is 18.3. The van der Waals surface area contributed by atoms with Gasteiger partial charge in [-0.2, -0.15) is 0 Å². The van der Waals surface area contributed by atoms with Crippen molar-refractivity contribution in [1.82, 2.24) is 0 Å². The number of para-hydroxylation sites is 3. The van der Waals surface area contributed by atoms with Crippen molar-refractivity contribution in [3.8, 4) is 0 Å². The molecule has 0 spiro atoms. The summed E-state index contributed by atoms with van der Waals surface area (Å²) in [4.78, 5) is 4.67. The number of allylic oxidation sites excluding steroid dienone is 7. The van der Waals surface area contributed by atoms with Crippen LogP contribution < -0.4 is 9.80 Å². The van der Waals surface area contributed by atoms with Gasteiger partial charge in [0.05, 0.1) is 0 Å². The van der Waals surface area contributed by atoms with E-state index in [1.807, 2.05) is 0 Å². The highest BCUT2D eigenvalue weighted by molar-refractivity contribution is 5.79. The predicted octanol–water partition coefficient (Wildman–Crippen LogP) is 10.3. The molecule has 192 valence electrons. The molecule has 2 heteroatoms. The lowest BCUT2D eigenvalue weighted by Gasteiger charge is -2.31. The van der Waals surface area contributed by atoms with Crippen LogP contribution in [0.3, 0.4) is 0 Å². The Morgan fingerprint density at radius 2 is 0.872 bits per heavy atom. The number of rotatable bonds is 7. The molecule has 0 amide bonds. The van der Waals surface area contributed by atoms with Crippen LogP contribution in [0.4, 0.5) is 28.4 Å². The summed E-state index contributed by atoms with van der Waals surface area (Å²) in [5.74, 6) is 1.12. The molecule has 0 aromatic heterocycles. The SMILES string of the molecule is CC1=CCC(C2C=CC(N(c3ccccc3)c3ccc(N(c4ccccc4)c4ccccc4)cc3)=CC2)C=C1. The fourth-order valence-electron chi connectivity index (χ4n) is 5.55. The minimum Gasteiger partial charge on any atom is -0.311 e. The van der Waals surface area contributed by atoms with Gasteiger partial charge in [0.1, 0.15) is 0 Å². The van der Waals surface area contributed by atoms with Crippen molar-refractivity contribution in [2.75, 3.05) is 9.80 Å². The number of hydrogen-bond donors (Lipinski definition) is 0. The Hall–Kier alpha value is -4.56. The van der Waals surface area contributed by atoms with Gasteiger partial charge in [-0.25, -0.2) is 0 Å². The second-order valence-electron chi connectivity index (χ2n) is 10.3. The average molecular weight is 507 g/mol. The summed E-state index contributed by atoms with van der Waals surface area (Å²) in [6.45, 7) is 2.18. The first-order chi connectivity index (χ1) is 19.3. The summed E-state index contributed by atoms with van der Waals surface area (Å²) in [5, 5.41) is 0. The van der Waals surface area contributed by atoms with Gasteiger partial charge in [0, 0.05) is 34.1 Å². The van der Waals surface area contributed by atoms with E-state index in [9.17, 15) is 0 Å². The lowest BCUT2D eigenvalue weighted by atomic mass is 9.81. The fourth-order valence-corrected chi connectivity index (χ4v) is 5.55. The molecule has 6 rings (SSSR count). The predicted molar refractivity (Wildman–Crippen MR) is 166 cm³/mol. The van der Waals surface area contributed by atoms with Gasteiger partial charge in [0.25, 0.3) is 0 Å². The minimum atomic E-state index is 0.541. The molecule has 0 heterocycles. The van der Waals surface area contributed by atoms with Crippen LogP contribution in [-0.4, -0.2) is 0 Å². The van der Waals surface area contributed by atoms with Crippen molar-refractivity contribution < 1.29 is 0 Å². The Morgan fingerprint density at radius 3 is 1.31 bits per heavy atom. The number of benzene rings is 4. The van der Waals surface area contributed by atoms with Crippen LogP contribution in [0.5, 0.6) is 0 Å². The van der Waals surface area contributed by atoms with Crippen LogP contribution >= 0.6 is 0 Å². The maximum absolute atomic E-state index is 2.41. The molecule has 0 bridgehead atoms.